The van der Waals surface area contributed by atoms with E-state index in [2.05, 4.69) is 68.8 Å². The molecule has 8 heteroatoms. The highest BCUT2D eigenvalue weighted by Crippen LogP contribution is 2.28. The summed E-state index contributed by atoms with van der Waals surface area (Å²) in [5, 5.41) is 15.5. The molecule has 28 heavy (non-hydrogen) atoms. The van der Waals surface area contributed by atoms with Crippen LogP contribution in [-0.4, -0.2) is 51.3 Å². The van der Waals surface area contributed by atoms with Gasteiger partial charge in [0.1, 0.15) is 0 Å². The minimum absolute atomic E-state index is 0.234. The third-order valence-corrected chi connectivity index (χ3v) is 6.49. The Bertz CT molecular complexity index is 901. The highest BCUT2D eigenvalue weighted by Gasteiger charge is 2.28. The zero-order valence-corrected chi connectivity index (χ0v) is 17.8. The first-order valence-corrected chi connectivity index (χ1v) is 10.9. The number of aromatic nitrogens is 4. The lowest BCUT2D eigenvalue weighted by atomic mass is 10.1. The van der Waals surface area contributed by atoms with Crippen LogP contribution in [-0.2, 0) is 6.54 Å². The van der Waals surface area contributed by atoms with E-state index in [1.165, 1.54) is 16.1 Å². The Morgan fingerprint density at radius 1 is 1.18 bits per heavy atom. The van der Waals surface area contributed by atoms with Gasteiger partial charge in [-0.3, -0.25) is 4.90 Å². The Kier molecular flexibility index (Phi) is 5.94. The van der Waals surface area contributed by atoms with Crippen molar-refractivity contribution in [2.45, 2.75) is 32.9 Å². The normalized spacial score (nSPS) is 16.5. The molecule has 0 N–H and O–H groups in total. The van der Waals surface area contributed by atoms with Crippen molar-refractivity contribution < 1.29 is 0 Å². The van der Waals surface area contributed by atoms with Crippen molar-refractivity contribution in [1.29, 1.82) is 0 Å². The lowest BCUT2D eigenvalue weighted by Gasteiger charge is -2.40. The number of thiophene rings is 1. The van der Waals surface area contributed by atoms with Gasteiger partial charge in [-0.25, -0.2) is 4.68 Å². The smallest absolute Gasteiger partial charge is 0.168 e. The predicted molar refractivity (Wildman–Crippen MR) is 114 cm³/mol. The zero-order valence-electron chi connectivity index (χ0n) is 16.3. The van der Waals surface area contributed by atoms with E-state index < -0.39 is 0 Å². The van der Waals surface area contributed by atoms with Gasteiger partial charge < -0.3 is 4.90 Å². The van der Waals surface area contributed by atoms with Gasteiger partial charge in [-0.05, 0) is 52.9 Å². The van der Waals surface area contributed by atoms with Gasteiger partial charge in [0.05, 0.1) is 12.6 Å². The molecule has 1 aliphatic heterocycles. The van der Waals surface area contributed by atoms with Gasteiger partial charge in [-0.15, -0.1) is 16.4 Å². The number of nitrogens with zero attached hydrogens (tertiary/aromatic N) is 6. The molecule has 1 aromatic carbocycles. The summed E-state index contributed by atoms with van der Waals surface area (Å²) in [5.74, 6) is 0.961. The lowest BCUT2D eigenvalue weighted by molar-refractivity contribution is 0.169. The summed E-state index contributed by atoms with van der Waals surface area (Å²) in [6, 6.07) is 10.6. The molecule has 0 aliphatic carbocycles. The quantitative estimate of drug-likeness (QED) is 0.607. The fraction of sp³-hybridized carbons (Fsp3) is 0.450. The Labute approximate surface area is 174 Å². The lowest BCUT2D eigenvalue weighted by Crippen LogP contribution is -2.48. The molecule has 0 radical (unpaired) electrons. The van der Waals surface area contributed by atoms with E-state index in [-0.39, 0.29) is 6.04 Å². The topological polar surface area (TPSA) is 50.1 Å². The molecular formula is C20H25ClN6S. The number of hydrogen-bond donors (Lipinski definition) is 0. The summed E-state index contributed by atoms with van der Waals surface area (Å²) in [7, 11) is 0. The number of tetrazole rings is 1. The van der Waals surface area contributed by atoms with Gasteiger partial charge in [0.25, 0.3) is 0 Å². The zero-order chi connectivity index (χ0) is 19.5. The molecule has 6 nitrogen and oxygen atoms in total. The van der Waals surface area contributed by atoms with Crippen LogP contribution in [0.25, 0.3) is 0 Å². The van der Waals surface area contributed by atoms with Crippen molar-refractivity contribution in [3.63, 3.8) is 0 Å². The number of halogens is 1. The third kappa shape index (κ3) is 4.06. The number of hydrogen-bond acceptors (Lipinski definition) is 6. The Morgan fingerprint density at radius 3 is 2.71 bits per heavy atom. The maximum Gasteiger partial charge on any atom is 0.168 e. The van der Waals surface area contributed by atoms with Crippen LogP contribution < -0.4 is 4.90 Å². The fourth-order valence-corrected chi connectivity index (χ4v) is 4.77. The summed E-state index contributed by atoms with van der Waals surface area (Å²) in [4.78, 5) is 6.20. The van der Waals surface area contributed by atoms with E-state index in [9.17, 15) is 0 Å². The van der Waals surface area contributed by atoms with Crippen LogP contribution in [0.2, 0.25) is 5.02 Å². The molecule has 1 atom stereocenters. The molecule has 0 saturated carbocycles. The standard InChI is InChI=1S/C20H25ClN6S/c1-3-18(20-22-23-24-27(20)14-17-5-4-12-28-17)25-8-10-26(11-9-25)19-13-16(21)7-6-15(19)2/h4-7,12-13,18H,3,8-11,14H2,1-2H3/t18-/m1/s1. The van der Waals surface area contributed by atoms with Crippen LogP contribution in [0.1, 0.15) is 35.7 Å². The Balaban J connectivity index is 1.46. The Morgan fingerprint density at radius 2 is 2.00 bits per heavy atom. The van der Waals surface area contributed by atoms with Gasteiger partial charge in [-0.2, -0.15) is 0 Å². The summed E-state index contributed by atoms with van der Waals surface area (Å²) >= 11 is 7.96. The highest BCUT2D eigenvalue weighted by atomic mass is 35.5. The molecule has 1 saturated heterocycles. The first kappa shape index (κ1) is 19.4. The van der Waals surface area contributed by atoms with Crippen LogP contribution in [0.4, 0.5) is 5.69 Å². The van der Waals surface area contributed by atoms with Gasteiger partial charge in [-0.1, -0.05) is 30.7 Å². The first-order valence-electron chi connectivity index (χ1n) is 9.69. The van der Waals surface area contributed by atoms with E-state index in [4.69, 9.17) is 11.6 Å². The van der Waals surface area contributed by atoms with Crippen LogP contribution in [0, 0.1) is 6.92 Å². The van der Waals surface area contributed by atoms with Crippen LogP contribution in [0.5, 0.6) is 0 Å². The molecule has 0 unspecified atom stereocenters. The summed E-state index contributed by atoms with van der Waals surface area (Å²) in [6.45, 7) is 9.01. The minimum Gasteiger partial charge on any atom is -0.369 e. The van der Waals surface area contributed by atoms with Gasteiger partial charge in [0.2, 0.25) is 0 Å². The minimum atomic E-state index is 0.234. The molecule has 4 rings (SSSR count). The van der Waals surface area contributed by atoms with Crippen molar-refractivity contribution >= 4 is 28.6 Å². The van der Waals surface area contributed by atoms with E-state index in [1.807, 2.05) is 10.7 Å². The van der Waals surface area contributed by atoms with Gasteiger partial charge in [0.15, 0.2) is 5.82 Å². The van der Waals surface area contributed by atoms with Crippen molar-refractivity contribution in [2.75, 3.05) is 31.1 Å². The molecule has 3 aromatic rings. The maximum atomic E-state index is 6.22. The number of rotatable bonds is 6. The number of anilines is 1. The van der Waals surface area contributed by atoms with Gasteiger partial charge >= 0.3 is 0 Å². The predicted octanol–water partition coefficient (Wildman–Crippen LogP) is 4.02. The molecule has 0 amide bonds. The second-order valence-corrected chi connectivity index (χ2v) is 8.62. The van der Waals surface area contributed by atoms with E-state index in [1.54, 1.807) is 11.3 Å². The molecule has 3 heterocycles. The Hall–Kier alpha value is -1.96. The number of aryl methyl sites for hydroxylation is 1. The SMILES string of the molecule is CC[C@H](c1nnnn1Cc1cccs1)N1CCN(c2cc(Cl)ccc2C)CC1. The fourth-order valence-electron chi connectivity index (χ4n) is 3.91. The molecule has 1 fully saturated rings. The summed E-state index contributed by atoms with van der Waals surface area (Å²) in [5.41, 5.74) is 2.51. The molecule has 0 bridgehead atoms. The largest absolute Gasteiger partial charge is 0.369 e. The third-order valence-electron chi connectivity index (χ3n) is 5.40. The summed E-state index contributed by atoms with van der Waals surface area (Å²) < 4.78 is 1.95. The molecule has 148 valence electrons. The second kappa shape index (κ2) is 8.59. The molecule has 1 aliphatic rings. The average molecular weight is 417 g/mol. The summed E-state index contributed by atoms with van der Waals surface area (Å²) in [6.07, 6.45) is 0.987. The number of benzene rings is 1. The van der Waals surface area contributed by atoms with E-state index in [0.717, 1.165) is 50.0 Å². The van der Waals surface area contributed by atoms with Crippen LogP contribution >= 0.6 is 22.9 Å². The monoisotopic (exact) mass is 416 g/mol. The molecular weight excluding hydrogens is 392 g/mol. The average Bonchev–Trinajstić information content (AvgIpc) is 3.38. The highest BCUT2D eigenvalue weighted by molar-refractivity contribution is 7.09. The van der Waals surface area contributed by atoms with Crippen LogP contribution in [0.15, 0.2) is 35.7 Å². The van der Waals surface area contributed by atoms with E-state index >= 15 is 0 Å². The van der Waals surface area contributed by atoms with Crippen molar-refractivity contribution in [3.8, 4) is 0 Å². The number of piperazine rings is 1. The van der Waals surface area contributed by atoms with Crippen molar-refractivity contribution in [2.24, 2.45) is 0 Å². The van der Waals surface area contributed by atoms with Gasteiger partial charge in [0, 0.05) is 41.8 Å². The van der Waals surface area contributed by atoms with E-state index in [0.29, 0.717) is 0 Å². The second-order valence-electron chi connectivity index (χ2n) is 7.15. The van der Waals surface area contributed by atoms with Crippen molar-refractivity contribution in [1.82, 2.24) is 25.1 Å². The molecule has 0 spiro atoms. The molecule has 2 aromatic heterocycles. The van der Waals surface area contributed by atoms with Crippen molar-refractivity contribution in [3.05, 3.63) is 57.0 Å². The maximum absolute atomic E-state index is 6.22. The van der Waals surface area contributed by atoms with Crippen LogP contribution in [0.3, 0.4) is 0 Å². The first-order chi connectivity index (χ1) is 13.7.